The van der Waals surface area contributed by atoms with Crippen LogP contribution >= 0.6 is 0 Å². The summed E-state index contributed by atoms with van der Waals surface area (Å²) in [7, 11) is 0. The first-order valence-electron chi connectivity index (χ1n) is 7.30. The molecule has 0 saturated carbocycles. The van der Waals surface area contributed by atoms with Crippen LogP contribution in [0.4, 0.5) is 0 Å². The maximum atomic E-state index is 11.0. The van der Waals surface area contributed by atoms with Crippen molar-refractivity contribution in [1.82, 2.24) is 5.32 Å². The molecule has 2 aromatic rings. The van der Waals surface area contributed by atoms with Gasteiger partial charge in [-0.15, -0.1) is 0 Å². The van der Waals surface area contributed by atoms with Gasteiger partial charge in [0.05, 0.1) is 12.2 Å². The third-order valence-corrected chi connectivity index (χ3v) is 3.55. The van der Waals surface area contributed by atoms with Crippen LogP contribution in [-0.2, 0) is 13.0 Å². The Balaban J connectivity index is 1.96. The van der Waals surface area contributed by atoms with Gasteiger partial charge in [0.2, 0.25) is 0 Å². The predicted molar refractivity (Wildman–Crippen MR) is 86.0 cm³/mol. The van der Waals surface area contributed by atoms with Gasteiger partial charge in [-0.1, -0.05) is 42.0 Å². The van der Waals surface area contributed by atoms with Crippen LogP contribution in [0, 0.1) is 6.92 Å². The maximum Gasteiger partial charge on any atom is 0.335 e. The second kappa shape index (κ2) is 7.73. The van der Waals surface area contributed by atoms with Gasteiger partial charge in [0, 0.05) is 12.6 Å². The molecule has 0 bridgehead atoms. The van der Waals surface area contributed by atoms with E-state index < -0.39 is 5.97 Å². The van der Waals surface area contributed by atoms with E-state index in [9.17, 15) is 9.90 Å². The minimum absolute atomic E-state index is 0.0343. The molecule has 0 fully saturated rings. The number of aliphatic hydroxyl groups is 1. The van der Waals surface area contributed by atoms with E-state index in [-0.39, 0.29) is 18.2 Å². The van der Waals surface area contributed by atoms with Crippen LogP contribution < -0.4 is 5.32 Å². The second-order valence-corrected chi connectivity index (χ2v) is 5.46. The lowest BCUT2D eigenvalue weighted by molar-refractivity contribution is 0.0696. The van der Waals surface area contributed by atoms with Crippen LogP contribution in [0.3, 0.4) is 0 Å². The molecular formula is C18H21NO3. The van der Waals surface area contributed by atoms with E-state index in [1.165, 1.54) is 11.1 Å². The third-order valence-electron chi connectivity index (χ3n) is 3.55. The van der Waals surface area contributed by atoms with Crippen molar-refractivity contribution in [3.63, 3.8) is 0 Å². The summed E-state index contributed by atoms with van der Waals surface area (Å²) in [6, 6.07) is 15.0. The lowest BCUT2D eigenvalue weighted by Gasteiger charge is -2.17. The van der Waals surface area contributed by atoms with Crippen LogP contribution in [0.25, 0.3) is 0 Å². The number of aliphatic hydroxyl groups excluding tert-OH is 1. The number of rotatable bonds is 7. The topological polar surface area (TPSA) is 69.6 Å². The Kier molecular flexibility index (Phi) is 5.69. The van der Waals surface area contributed by atoms with E-state index in [1.54, 1.807) is 18.2 Å². The summed E-state index contributed by atoms with van der Waals surface area (Å²) >= 11 is 0. The molecule has 116 valence electrons. The number of nitrogens with one attached hydrogen (secondary N) is 1. The van der Waals surface area contributed by atoms with E-state index in [0.717, 1.165) is 12.0 Å². The Morgan fingerprint density at radius 2 is 1.86 bits per heavy atom. The first-order valence-corrected chi connectivity index (χ1v) is 7.30. The summed E-state index contributed by atoms with van der Waals surface area (Å²) in [5, 5.41) is 21.8. The third kappa shape index (κ3) is 4.69. The molecule has 1 unspecified atom stereocenters. The summed E-state index contributed by atoms with van der Waals surface area (Å²) < 4.78 is 0. The van der Waals surface area contributed by atoms with Crippen LogP contribution in [0.1, 0.15) is 27.0 Å². The molecule has 0 aromatic heterocycles. The lowest BCUT2D eigenvalue weighted by Crippen LogP contribution is -2.34. The standard InChI is InChI=1S/C18H21NO3/c1-13-4-2-5-14(8-13)10-17(12-20)19-11-15-6-3-7-16(9-15)18(21)22/h2-9,17,19-20H,10-12H2,1H3,(H,21,22). The van der Waals surface area contributed by atoms with Gasteiger partial charge >= 0.3 is 5.97 Å². The summed E-state index contributed by atoms with van der Waals surface area (Å²) in [6.45, 7) is 2.60. The van der Waals surface area contributed by atoms with E-state index in [4.69, 9.17) is 5.11 Å². The number of aromatic carboxylic acids is 1. The van der Waals surface area contributed by atoms with Gasteiger partial charge in [-0.2, -0.15) is 0 Å². The maximum absolute atomic E-state index is 11.0. The molecule has 2 rings (SSSR count). The van der Waals surface area contributed by atoms with Crippen LogP contribution in [0.5, 0.6) is 0 Å². The van der Waals surface area contributed by atoms with E-state index in [1.807, 2.05) is 31.2 Å². The Morgan fingerprint density at radius 1 is 1.14 bits per heavy atom. The number of benzene rings is 2. The molecule has 22 heavy (non-hydrogen) atoms. The highest BCUT2D eigenvalue weighted by molar-refractivity contribution is 5.87. The zero-order valence-electron chi connectivity index (χ0n) is 12.6. The lowest BCUT2D eigenvalue weighted by atomic mass is 10.0. The van der Waals surface area contributed by atoms with Crippen LogP contribution in [0.15, 0.2) is 48.5 Å². The fourth-order valence-corrected chi connectivity index (χ4v) is 2.40. The Morgan fingerprint density at radius 3 is 2.55 bits per heavy atom. The average molecular weight is 299 g/mol. The van der Waals surface area contributed by atoms with Gasteiger partial charge in [0.1, 0.15) is 0 Å². The summed E-state index contributed by atoms with van der Waals surface area (Å²) in [5.41, 5.74) is 3.54. The van der Waals surface area contributed by atoms with E-state index in [2.05, 4.69) is 11.4 Å². The monoisotopic (exact) mass is 299 g/mol. The van der Waals surface area contributed by atoms with Gasteiger partial charge in [0.25, 0.3) is 0 Å². The highest BCUT2D eigenvalue weighted by Gasteiger charge is 2.09. The Hall–Kier alpha value is -2.17. The van der Waals surface area contributed by atoms with Gasteiger partial charge in [-0.3, -0.25) is 0 Å². The summed E-state index contributed by atoms with van der Waals surface area (Å²) in [6.07, 6.45) is 0.733. The molecule has 0 radical (unpaired) electrons. The van der Waals surface area contributed by atoms with Crippen LogP contribution in [-0.4, -0.2) is 28.8 Å². The Labute approximate surface area is 130 Å². The predicted octanol–water partition coefficient (Wildman–Crippen LogP) is 2.39. The molecule has 0 aliphatic heterocycles. The molecule has 4 nitrogen and oxygen atoms in total. The van der Waals surface area contributed by atoms with Crippen molar-refractivity contribution in [2.75, 3.05) is 6.61 Å². The van der Waals surface area contributed by atoms with Gasteiger partial charge in [-0.25, -0.2) is 4.79 Å². The van der Waals surface area contributed by atoms with E-state index in [0.29, 0.717) is 6.54 Å². The molecule has 0 aliphatic carbocycles. The summed E-state index contributed by atoms with van der Waals surface area (Å²) in [5.74, 6) is -0.930. The van der Waals surface area contributed by atoms with Crippen molar-refractivity contribution in [1.29, 1.82) is 0 Å². The molecule has 0 heterocycles. The zero-order chi connectivity index (χ0) is 15.9. The highest BCUT2D eigenvalue weighted by Crippen LogP contribution is 2.09. The Bertz CT molecular complexity index is 640. The van der Waals surface area contributed by atoms with Crippen molar-refractivity contribution in [3.05, 3.63) is 70.8 Å². The molecule has 1 atom stereocenters. The van der Waals surface area contributed by atoms with Crippen LogP contribution in [0.2, 0.25) is 0 Å². The van der Waals surface area contributed by atoms with Gasteiger partial charge in [-0.05, 0) is 36.6 Å². The number of hydrogen-bond acceptors (Lipinski definition) is 3. The molecule has 0 aliphatic rings. The molecule has 2 aromatic carbocycles. The number of carboxylic acids is 1. The number of aryl methyl sites for hydroxylation is 1. The average Bonchev–Trinajstić information content (AvgIpc) is 2.51. The fraction of sp³-hybridized carbons (Fsp3) is 0.278. The van der Waals surface area contributed by atoms with Crippen molar-refractivity contribution in [2.24, 2.45) is 0 Å². The summed E-state index contributed by atoms with van der Waals surface area (Å²) in [4.78, 5) is 11.0. The SMILES string of the molecule is Cc1cccc(CC(CO)NCc2cccc(C(=O)O)c2)c1. The molecule has 3 N–H and O–H groups in total. The molecule has 4 heteroatoms. The number of carboxylic acid groups (broad SMARTS) is 1. The van der Waals surface area contributed by atoms with Crippen molar-refractivity contribution < 1.29 is 15.0 Å². The minimum atomic E-state index is -0.930. The van der Waals surface area contributed by atoms with Crippen molar-refractivity contribution in [2.45, 2.75) is 25.9 Å². The smallest absolute Gasteiger partial charge is 0.335 e. The van der Waals surface area contributed by atoms with Gasteiger partial charge in [0.15, 0.2) is 0 Å². The first-order chi connectivity index (χ1) is 10.6. The minimum Gasteiger partial charge on any atom is -0.478 e. The normalized spacial score (nSPS) is 12.1. The largest absolute Gasteiger partial charge is 0.478 e. The number of hydrogen-bond donors (Lipinski definition) is 3. The second-order valence-electron chi connectivity index (χ2n) is 5.46. The quantitative estimate of drug-likeness (QED) is 0.734. The number of carbonyl (C=O) groups is 1. The highest BCUT2D eigenvalue weighted by atomic mass is 16.4. The van der Waals surface area contributed by atoms with Gasteiger partial charge < -0.3 is 15.5 Å². The fourth-order valence-electron chi connectivity index (χ4n) is 2.40. The molecular weight excluding hydrogens is 278 g/mol. The molecule has 0 saturated heterocycles. The molecule has 0 spiro atoms. The van der Waals surface area contributed by atoms with E-state index >= 15 is 0 Å². The first kappa shape index (κ1) is 16.2. The zero-order valence-corrected chi connectivity index (χ0v) is 12.6. The molecule has 0 amide bonds. The van der Waals surface area contributed by atoms with Crippen molar-refractivity contribution in [3.8, 4) is 0 Å². The van der Waals surface area contributed by atoms with Crippen molar-refractivity contribution >= 4 is 5.97 Å².